The van der Waals surface area contributed by atoms with E-state index in [9.17, 15) is 22.0 Å². The summed E-state index contributed by atoms with van der Waals surface area (Å²) in [6.45, 7) is -1.67. The van der Waals surface area contributed by atoms with Crippen molar-refractivity contribution in [2.45, 2.75) is 71.2 Å². The first kappa shape index (κ1) is 22.7. The molecule has 2 nitrogen and oxygen atoms in total. The second kappa shape index (κ2) is 10.8. The van der Waals surface area contributed by atoms with Gasteiger partial charge in [-0.05, 0) is 62.1 Å². The van der Waals surface area contributed by atoms with E-state index in [2.05, 4.69) is 10.8 Å². The molecule has 1 saturated carbocycles. The van der Waals surface area contributed by atoms with Crippen LogP contribution < -0.4 is 4.74 Å². The van der Waals surface area contributed by atoms with Gasteiger partial charge in [0.25, 0.3) is 0 Å². The molecule has 0 amide bonds. The SMILES string of the molecule is C/C=C/CC[C@H]1CC[C@H](CC(F)(F)OCc2ccc(OC(F)F)c(F)c2)CC1. The van der Waals surface area contributed by atoms with Crippen molar-refractivity contribution >= 4 is 0 Å². The minimum Gasteiger partial charge on any atom is -0.432 e. The lowest BCUT2D eigenvalue weighted by Crippen LogP contribution is -2.27. The molecule has 0 spiro atoms. The molecule has 0 heterocycles. The van der Waals surface area contributed by atoms with Gasteiger partial charge in [-0.1, -0.05) is 31.1 Å². The van der Waals surface area contributed by atoms with Crippen molar-refractivity contribution in [1.82, 2.24) is 0 Å². The normalized spacial score (nSPS) is 20.8. The second-order valence-corrected chi connectivity index (χ2v) is 7.31. The molecule has 7 heteroatoms. The summed E-state index contributed by atoms with van der Waals surface area (Å²) in [6.07, 6.45) is 6.04. The van der Waals surface area contributed by atoms with E-state index < -0.39 is 30.9 Å². The maximum Gasteiger partial charge on any atom is 0.387 e. The Morgan fingerprint density at radius 3 is 2.43 bits per heavy atom. The summed E-state index contributed by atoms with van der Waals surface area (Å²) in [5.41, 5.74) is 0.131. The molecule has 1 aliphatic rings. The first-order valence-corrected chi connectivity index (χ1v) is 9.65. The molecular formula is C21H27F5O2. The van der Waals surface area contributed by atoms with Crippen molar-refractivity contribution in [3.8, 4) is 5.75 Å². The van der Waals surface area contributed by atoms with Crippen molar-refractivity contribution in [2.24, 2.45) is 11.8 Å². The van der Waals surface area contributed by atoms with E-state index in [-0.39, 0.29) is 17.9 Å². The molecule has 0 bridgehead atoms. The molecule has 0 aromatic heterocycles. The molecule has 0 saturated heterocycles. The van der Waals surface area contributed by atoms with Gasteiger partial charge in [0.1, 0.15) is 0 Å². The zero-order valence-electron chi connectivity index (χ0n) is 16.0. The summed E-state index contributed by atoms with van der Waals surface area (Å²) in [5.74, 6) is -1.16. The van der Waals surface area contributed by atoms with Gasteiger partial charge in [0.15, 0.2) is 11.6 Å². The van der Waals surface area contributed by atoms with Crippen molar-refractivity contribution in [3.05, 3.63) is 41.7 Å². The third-order valence-corrected chi connectivity index (χ3v) is 5.13. The fraction of sp³-hybridized carbons (Fsp3) is 0.619. The maximum absolute atomic E-state index is 14.1. The van der Waals surface area contributed by atoms with Gasteiger partial charge in [-0.15, -0.1) is 0 Å². The van der Waals surface area contributed by atoms with Crippen LogP contribution in [0.15, 0.2) is 30.4 Å². The smallest absolute Gasteiger partial charge is 0.387 e. The molecule has 2 rings (SSSR count). The maximum atomic E-state index is 14.1. The molecule has 28 heavy (non-hydrogen) atoms. The molecule has 0 aliphatic heterocycles. The lowest BCUT2D eigenvalue weighted by Gasteiger charge is -2.30. The zero-order chi connectivity index (χ0) is 20.6. The lowest BCUT2D eigenvalue weighted by atomic mass is 9.78. The Morgan fingerprint density at radius 2 is 1.82 bits per heavy atom. The summed E-state index contributed by atoms with van der Waals surface area (Å²) in [6, 6.07) is 3.07. The van der Waals surface area contributed by atoms with Crippen molar-refractivity contribution in [1.29, 1.82) is 0 Å². The van der Waals surface area contributed by atoms with Crippen LogP contribution >= 0.6 is 0 Å². The summed E-state index contributed by atoms with van der Waals surface area (Å²) < 4.78 is 74.8. The van der Waals surface area contributed by atoms with Gasteiger partial charge in [0, 0.05) is 6.42 Å². The third-order valence-electron chi connectivity index (χ3n) is 5.13. The minimum absolute atomic E-state index is 0.0912. The van der Waals surface area contributed by atoms with E-state index in [1.165, 1.54) is 6.07 Å². The quantitative estimate of drug-likeness (QED) is 0.305. The summed E-state index contributed by atoms with van der Waals surface area (Å²) in [4.78, 5) is 0. The average molecular weight is 406 g/mol. The van der Waals surface area contributed by atoms with Gasteiger partial charge in [0.2, 0.25) is 0 Å². The van der Waals surface area contributed by atoms with Gasteiger partial charge in [-0.3, -0.25) is 0 Å². The monoisotopic (exact) mass is 406 g/mol. The van der Waals surface area contributed by atoms with Crippen LogP contribution in [0.3, 0.4) is 0 Å². The van der Waals surface area contributed by atoms with Gasteiger partial charge in [-0.2, -0.15) is 17.6 Å². The van der Waals surface area contributed by atoms with Crippen molar-refractivity contribution in [3.63, 3.8) is 0 Å². The predicted molar refractivity (Wildman–Crippen MR) is 96.9 cm³/mol. The first-order valence-electron chi connectivity index (χ1n) is 9.65. The van der Waals surface area contributed by atoms with E-state index >= 15 is 0 Å². The Bertz CT molecular complexity index is 625. The molecule has 158 valence electrons. The van der Waals surface area contributed by atoms with Crippen LogP contribution in [-0.4, -0.2) is 12.7 Å². The van der Waals surface area contributed by atoms with Gasteiger partial charge in [-0.25, -0.2) is 4.39 Å². The minimum atomic E-state index is -3.31. The zero-order valence-corrected chi connectivity index (χ0v) is 16.0. The molecule has 1 aromatic carbocycles. The molecule has 0 unspecified atom stereocenters. The van der Waals surface area contributed by atoms with Crippen LogP contribution in [0, 0.1) is 17.7 Å². The summed E-state index contributed by atoms with van der Waals surface area (Å²) in [5, 5.41) is 0. The number of hydrogen-bond donors (Lipinski definition) is 0. The Kier molecular flexibility index (Phi) is 8.73. The highest BCUT2D eigenvalue weighted by molar-refractivity contribution is 5.29. The van der Waals surface area contributed by atoms with E-state index in [4.69, 9.17) is 4.74 Å². The number of ether oxygens (including phenoxy) is 2. The van der Waals surface area contributed by atoms with E-state index in [1.807, 2.05) is 13.0 Å². The average Bonchev–Trinajstić information content (AvgIpc) is 2.63. The second-order valence-electron chi connectivity index (χ2n) is 7.31. The van der Waals surface area contributed by atoms with E-state index in [0.717, 1.165) is 50.7 Å². The van der Waals surface area contributed by atoms with Crippen molar-refractivity contribution in [2.75, 3.05) is 0 Å². The summed E-state index contributed by atoms with van der Waals surface area (Å²) in [7, 11) is 0. The Hall–Kier alpha value is -1.63. The molecule has 0 atom stereocenters. The van der Waals surface area contributed by atoms with Crippen molar-refractivity contribution < 1.29 is 31.4 Å². The van der Waals surface area contributed by atoms with Crippen LogP contribution in [-0.2, 0) is 11.3 Å². The van der Waals surface area contributed by atoms with Crippen LogP contribution in [0.4, 0.5) is 22.0 Å². The van der Waals surface area contributed by atoms with Gasteiger partial charge < -0.3 is 9.47 Å². The molecule has 1 aromatic rings. The van der Waals surface area contributed by atoms with Gasteiger partial charge in [0.05, 0.1) is 6.61 Å². The molecule has 0 N–H and O–H groups in total. The highest BCUT2D eigenvalue weighted by atomic mass is 19.3. The lowest BCUT2D eigenvalue weighted by molar-refractivity contribution is -0.256. The number of halogens is 5. The number of rotatable bonds is 10. The van der Waals surface area contributed by atoms with Crippen LogP contribution in [0.5, 0.6) is 5.75 Å². The predicted octanol–water partition coefficient (Wildman–Crippen LogP) is 7.09. The highest BCUT2D eigenvalue weighted by Crippen LogP contribution is 2.38. The fourth-order valence-electron chi connectivity index (χ4n) is 3.63. The van der Waals surface area contributed by atoms with Crippen LogP contribution in [0.1, 0.15) is 57.4 Å². The molecular weight excluding hydrogens is 379 g/mol. The van der Waals surface area contributed by atoms with E-state index in [1.54, 1.807) is 0 Å². The molecule has 1 aliphatic carbocycles. The number of alkyl halides is 4. The third kappa shape index (κ3) is 7.78. The number of allylic oxidation sites excluding steroid dienone is 2. The first-order chi connectivity index (χ1) is 13.3. The highest BCUT2D eigenvalue weighted by Gasteiger charge is 2.35. The fourth-order valence-corrected chi connectivity index (χ4v) is 3.63. The van der Waals surface area contributed by atoms with Crippen LogP contribution in [0.2, 0.25) is 0 Å². The summed E-state index contributed by atoms with van der Waals surface area (Å²) >= 11 is 0. The Morgan fingerprint density at radius 1 is 1.14 bits per heavy atom. The molecule has 0 radical (unpaired) electrons. The Balaban J connectivity index is 1.77. The van der Waals surface area contributed by atoms with Crippen LogP contribution in [0.25, 0.3) is 0 Å². The standard InChI is InChI=1S/C21H27F5O2/c1-2-3-4-5-15-6-8-16(9-7-15)13-21(25,26)27-14-17-10-11-19(18(22)12-17)28-20(23)24/h2-3,10-12,15-16,20H,4-9,13-14H2,1H3/b3-2+/t15-,16-. The largest absolute Gasteiger partial charge is 0.432 e. The number of hydrogen-bond acceptors (Lipinski definition) is 2. The molecule has 1 fully saturated rings. The topological polar surface area (TPSA) is 18.5 Å². The van der Waals surface area contributed by atoms with Gasteiger partial charge >= 0.3 is 12.7 Å². The Labute approximate surface area is 162 Å². The van der Waals surface area contributed by atoms with E-state index in [0.29, 0.717) is 5.92 Å². The number of benzene rings is 1.